The third-order valence-electron chi connectivity index (χ3n) is 0.874. The number of halogens is 3. The molecule has 2 nitrogen and oxygen atoms in total. The fourth-order valence-electron chi connectivity index (χ4n) is 0.507. The van der Waals surface area contributed by atoms with Gasteiger partial charge < -0.3 is 0 Å². The summed E-state index contributed by atoms with van der Waals surface area (Å²) in [5, 5.41) is 5.50. The maximum absolute atomic E-state index is 11.7. The molecule has 0 aliphatic heterocycles. The molecule has 0 spiro atoms. The van der Waals surface area contributed by atoms with E-state index in [2.05, 4.69) is 22.4 Å². The monoisotopic (exact) mass is 212 g/mol. The first-order valence-electron chi connectivity index (χ1n) is 2.79. The van der Waals surface area contributed by atoms with Crippen molar-refractivity contribution in [1.82, 2.24) is 10.2 Å². The van der Waals surface area contributed by atoms with E-state index in [1.165, 1.54) is 12.1 Å². The lowest BCUT2D eigenvalue weighted by atomic mass is 10.6. The lowest BCUT2D eigenvalue weighted by molar-refractivity contribution is -0.0329. The molecule has 1 aromatic heterocycles. The second kappa shape index (κ2) is 3.44. The predicted molar refractivity (Wildman–Crippen MR) is 41.3 cm³/mol. The van der Waals surface area contributed by atoms with Crippen molar-refractivity contribution in [1.29, 1.82) is 0 Å². The Morgan fingerprint density at radius 1 is 1.42 bits per heavy atom. The van der Waals surface area contributed by atoms with Crippen LogP contribution in [0.1, 0.15) is 0 Å². The fraction of sp³-hybridized carbons (Fsp3) is 0.200. The Morgan fingerprint density at radius 3 is 2.50 bits per heavy atom. The summed E-state index contributed by atoms with van der Waals surface area (Å²) in [6.07, 6.45) is 0. The Hall–Kier alpha value is -0.560. The molecule has 12 heavy (non-hydrogen) atoms. The molecule has 0 atom stereocenters. The molecule has 0 aliphatic carbocycles. The van der Waals surface area contributed by atoms with E-state index in [1.807, 2.05) is 0 Å². The molecule has 0 saturated heterocycles. The number of H-pyrrole nitrogens is 1. The summed E-state index contributed by atoms with van der Waals surface area (Å²) < 4.78 is 35.5. The lowest BCUT2D eigenvalue weighted by Gasteiger charge is -2.02. The van der Waals surface area contributed by atoms with Crippen LogP contribution in [0.15, 0.2) is 17.2 Å². The minimum Gasteiger partial charge on any atom is -0.267 e. The Kier molecular flexibility index (Phi) is 2.73. The quantitative estimate of drug-likeness (QED) is 0.573. The van der Waals surface area contributed by atoms with E-state index in [0.717, 1.165) is 0 Å². The summed E-state index contributed by atoms with van der Waals surface area (Å²) in [5.74, 6) is 0. The predicted octanol–water partition coefficient (Wildman–Crippen LogP) is 2.75. The van der Waals surface area contributed by atoms with E-state index in [-0.39, 0.29) is 16.8 Å². The average molecular weight is 212 g/mol. The van der Waals surface area contributed by atoms with Crippen molar-refractivity contribution in [3.05, 3.63) is 16.8 Å². The zero-order valence-corrected chi connectivity index (χ0v) is 7.19. The highest BCUT2D eigenvalue weighted by molar-refractivity contribution is 8.00. The number of hydrogen-bond acceptors (Lipinski definition) is 3. The molecule has 0 unspecified atom stereocenters. The Morgan fingerprint density at radius 2 is 2.08 bits per heavy atom. The molecule has 0 bridgehead atoms. The van der Waals surface area contributed by atoms with Gasteiger partial charge in [0.05, 0.1) is 0 Å². The van der Waals surface area contributed by atoms with E-state index in [9.17, 15) is 13.2 Å². The molecular weight excluding hydrogens is 209 g/mol. The standard InChI is InChI=1S/C5H3F3N2S2/c6-5(7,8)12-4-2-1-3(11)9-10-4/h1-2H,(H,9,11). The summed E-state index contributed by atoms with van der Waals surface area (Å²) in [4.78, 5) is 0. The van der Waals surface area contributed by atoms with Crippen molar-refractivity contribution in [3.63, 3.8) is 0 Å². The van der Waals surface area contributed by atoms with E-state index >= 15 is 0 Å². The molecule has 1 aromatic rings. The minimum atomic E-state index is -4.30. The first-order chi connectivity index (χ1) is 5.47. The van der Waals surface area contributed by atoms with Crippen LogP contribution >= 0.6 is 24.0 Å². The molecule has 1 rings (SSSR count). The number of thioether (sulfide) groups is 1. The lowest BCUT2D eigenvalue weighted by Crippen LogP contribution is -2.00. The largest absolute Gasteiger partial charge is 0.447 e. The first kappa shape index (κ1) is 9.53. The van der Waals surface area contributed by atoms with Gasteiger partial charge in [0, 0.05) is 11.8 Å². The third-order valence-corrected chi connectivity index (χ3v) is 1.77. The van der Waals surface area contributed by atoms with Crippen LogP contribution in [0.25, 0.3) is 0 Å². The number of nitrogens with zero attached hydrogens (tertiary/aromatic N) is 1. The molecule has 0 aliphatic rings. The van der Waals surface area contributed by atoms with Crippen molar-refractivity contribution < 1.29 is 13.2 Å². The van der Waals surface area contributed by atoms with Gasteiger partial charge >= 0.3 is 5.51 Å². The van der Waals surface area contributed by atoms with E-state index in [1.54, 1.807) is 0 Å². The van der Waals surface area contributed by atoms with Crippen LogP contribution in [0.2, 0.25) is 0 Å². The fourth-order valence-corrected chi connectivity index (χ4v) is 1.09. The molecular formula is C5H3F3N2S2. The summed E-state index contributed by atoms with van der Waals surface area (Å²) in [6, 6.07) is 2.58. The van der Waals surface area contributed by atoms with Crippen LogP contribution in [-0.2, 0) is 0 Å². The third kappa shape index (κ3) is 3.22. The van der Waals surface area contributed by atoms with Gasteiger partial charge in [-0.3, -0.25) is 5.10 Å². The summed E-state index contributed by atoms with van der Waals surface area (Å²) in [6.45, 7) is 0. The van der Waals surface area contributed by atoms with Gasteiger partial charge in [-0.25, -0.2) is 0 Å². The number of rotatable bonds is 1. The molecule has 0 fully saturated rings. The van der Waals surface area contributed by atoms with Crippen molar-refractivity contribution in [2.75, 3.05) is 0 Å². The number of alkyl halides is 3. The van der Waals surface area contributed by atoms with Crippen LogP contribution < -0.4 is 0 Å². The van der Waals surface area contributed by atoms with Crippen LogP contribution in [0.5, 0.6) is 0 Å². The van der Waals surface area contributed by atoms with Gasteiger partial charge in [0.25, 0.3) is 0 Å². The Balaban J connectivity index is 2.78. The molecule has 0 saturated carbocycles. The summed E-state index contributed by atoms with van der Waals surface area (Å²) >= 11 is 4.33. The summed E-state index contributed by atoms with van der Waals surface area (Å²) in [7, 11) is 0. The van der Waals surface area contributed by atoms with Gasteiger partial charge in [-0.1, -0.05) is 12.2 Å². The Bertz CT molecular complexity index is 299. The van der Waals surface area contributed by atoms with Gasteiger partial charge in [-0.15, -0.1) is 0 Å². The molecule has 0 amide bonds. The molecule has 1 N–H and O–H groups in total. The zero-order valence-electron chi connectivity index (χ0n) is 5.55. The van der Waals surface area contributed by atoms with Crippen molar-refractivity contribution >= 4 is 24.0 Å². The number of hydrogen-bond donors (Lipinski definition) is 1. The van der Waals surface area contributed by atoms with Crippen LogP contribution in [0.3, 0.4) is 0 Å². The highest BCUT2D eigenvalue weighted by atomic mass is 32.2. The molecule has 0 aromatic carbocycles. The van der Waals surface area contributed by atoms with Crippen LogP contribution in [-0.4, -0.2) is 15.7 Å². The molecule has 1 heterocycles. The molecule has 66 valence electrons. The number of nitrogens with one attached hydrogen (secondary N) is 1. The maximum Gasteiger partial charge on any atom is 0.447 e. The first-order valence-corrected chi connectivity index (χ1v) is 4.01. The van der Waals surface area contributed by atoms with Gasteiger partial charge in [0.15, 0.2) is 0 Å². The smallest absolute Gasteiger partial charge is 0.267 e. The van der Waals surface area contributed by atoms with Crippen LogP contribution in [0.4, 0.5) is 13.2 Å². The topological polar surface area (TPSA) is 28.7 Å². The van der Waals surface area contributed by atoms with E-state index in [0.29, 0.717) is 4.64 Å². The zero-order chi connectivity index (χ0) is 9.19. The second-order valence-electron chi connectivity index (χ2n) is 1.81. The highest BCUT2D eigenvalue weighted by Gasteiger charge is 2.29. The van der Waals surface area contributed by atoms with E-state index in [4.69, 9.17) is 0 Å². The van der Waals surface area contributed by atoms with Gasteiger partial charge in [-0.05, 0) is 12.1 Å². The van der Waals surface area contributed by atoms with Crippen molar-refractivity contribution in [2.45, 2.75) is 10.5 Å². The second-order valence-corrected chi connectivity index (χ2v) is 3.33. The number of aromatic nitrogens is 2. The van der Waals surface area contributed by atoms with Crippen LogP contribution in [0, 0.1) is 4.64 Å². The normalized spacial score (nSPS) is 11.6. The summed E-state index contributed by atoms with van der Waals surface area (Å²) in [5.41, 5.74) is -4.30. The van der Waals surface area contributed by atoms with E-state index < -0.39 is 5.51 Å². The van der Waals surface area contributed by atoms with Gasteiger partial charge in [0.1, 0.15) is 9.67 Å². The van der Waals surface area contributed by atoms with Crippen molar-refractivity contribution in [3.8, 4) is 0 Å². The average Bonchev–Trinajstić information content (AvgIpc) is 1.91. The van der Waals surface area contributed by atoms with Crippen molar-refractivity contribution in [2.24, 2.45) is 0 Å². The van der Waals surface area contributed by atoms with Gasteiger partial charge in [0.2, 0.25) is 0 Å². The van der Waals surface area contributed by atoms with Gasteiger partial charge in [-0.2, -0.15) is 18.3 Å². The molecule has 7 heteroatoms. The SMILES string of the molecule is FC(F)(F)Sc1ccc(=S)[nH]n1. The molecule has 0 radical (unpaired) electrons. The Labute approximate surface area is 75.2 Å². The minimum absolute atomic E-state index is 0.142. The highest BCUT2D eigenvalue weighted by Crippen LogP contribution is 2.34. The maximum atomic E-state index is 11.7. The number of aromatic amines is 1.